The van der Waals surface area contributed by atoms with Crippen LogP contribution >= 0.6 is 11.9 Å². The number of fused-ring (bicyclic) bond motifs is 5. The molecule has 2 N–H and O–H groups in total. The van der Waals surface area contributed by atoms with Crippen molar-refractivity contribution in [3.8, 4) is 17.0 Å². The van der Waals surface area contributed by atoms with Gasteiger partial charge in [-0.05, 0) is 50.1 Å². The van der Waals surface area contributed by atoms with E-state index >= 15 is 0 Å². The van der Waals surface area contributed by atoms with E-state index in [4.69, 9.17) is 14.5 Å². The number of nitrogens with one attached hydrogen (secondary N) is 1. The monoisotopic (exact) mass is 421 g/mol. The number of aromatic nitrogens is 1. The minimum absolute atomic E-state index is 0.279. The molecule has 3 aromatic rings. The van der Waals surface area contributed by atoms with Crippen LogP contribution in [0.3, 0.4) is 0 Å². The molecule has 154 valence electrons. The lowest BCUT2D eigenvalue weighted by molar-refractivity contribution is 0.174. The van der Waals surface area contributed by atoms with E-state index in [1.54, 1.807) is 6.92 Å². The van der Waals surface area contributed by atoms with Gasteiger partial charge in [0.15, 0.2) is 11.5 Å². The largest absolute Gasteiger partial charge is 0.476 e. The third kappa shape index (κ3) is 3.39. The highest BCUT2D eigenvalue weighted by atomic mass is 32.2. The molecular formula is C23H23N3O3S. The van der Waals surface area contributed by atoms with Gasteiger partial charge in [-0.15, -0.1) is 0 Å². The Hall–Kier alpha value is -2.74. The Morgan fingerprint density at radius 3 is 2.87 bits per heavy atom. The van der Waals surface area contributed by atoms with Crippen molar-refractivity contribution in [2.75, 3.05) is 6.73 Å². The van der Waals surface area contributed by atoms with E-state index in [1.807, 2.05) is 25.1 Å². The van der Waals surface area contributed by atoms with Crippen LogP contribution in [0.15, 0.2) is 71.1 Å². The second-order valence-corrected chi connectivity index (χ2v) is 8.33. The van der Waals surface area contributed by atoms with Gasteiger partial charge in [0.25, 0.3) is 0 Å². The van der Waals surface area contributed by atoms with Crippen LogP contribution in [0.1, 0.15) is 13.8 Å². The number of ether oxygens (including phenoxy) is 2. The lowest BCUT2D eigenvalue weighted by Gasteiger charge is -2.25. The Balaban J connectivity index is 1.73. The van der Waals surface area contributed by atoms with Gasteiger partial charge < -0.3 is 19.1 Å². The lowest BCUT2D eigenvalue weighted by Crippen LogP contribution is -2.21. The Labute approximate surface area is 179 Å². The van der Waals surface area contributed by atoms with Crippen LogP contribution < -0.4 is 9.46 Å². The van der Waals surface area contributed by atoms with E-state index < -0.39 is 6.10 Å². The summed E-state index contributed by atoms with van der Waals surface area (Å²) in [7, 11) is 0. The van der Waals surface area contributed by atoms with Crippen molar-refractivity contribution in [1.82, 2.24) is 9.29 Å². The molecule has 2 unspecified atom stereocenters. The molecule has 2 atom stereocenters. The molecule has 2 aliphatic rings. The number of benzene rings is 2. The maximum atomic E-state index is 10.1. The van der Waals surface area contributed by atoms with Crippen molar-refractivity contribution in [2.45, 2.75) is 32.5 Å². The number of hydrogen-bond donors (Lipinski definition) is 2. The molecule has 30 heavy (non-hydrogen) atoms. The predicted octanol–water partition coefficient (Wildman–Crippen LogP) is 4.31. The van der Waals surface area contributed by atoms with E-state index in [-0.39, 0.29) is 12.8 Å². The number of aliphatic hydroxyl groups is 1. The first kappa shape index (κ1) is 19.2. The van der Waals surface area contributed by atoms with Crippen LogP contribution in [0.2, 0.25) is 0 Å². The Morgan fingerprint density at radius 1 is 1.20 bits per heavy atom. The molecule has 1 aromatic heterocycles. The van der Waals surface area contributed by atoms with Crippen molar-refractivity contribution >= 4 is 27.9 Å². The summed E-state index contributed by atoms with van der Waals surface area (Å²) in [6, 6.07) is 18.3. The van der Waals surface area contributed by atoms with Gasteiger partial charge in [0.2, 0.25) is 0 Å². The van der Waals surface area contributed by atoms with E-state index in [0.717, 1.165) is 28.3 Å². The summed E-state index contributed by atoms with van der Waals surface area (Å²) in [6.07, 6.45) is -0.673. The number of para-hydroxylation sites is 2. The van der Waals surface area contributed by atoms with Crippen LogP contribution in [0.4, 0.5) is 0 Å². The molecule has 0 fully saturated rings. The fraction of sp³-hybridized carbons (Fsp3) is 0.261. The molecule has 0 bridgehead atoms. The number of aliphatic imine (C=N–C) groups is 1. The second-order valence-electron chi connectivity index (χ2n) is 7.41. The molecule has 5 rings (SSSR count). The van der Waals surface area contributed by atoms with Gasteiger partial charge in [0, 0.05) is 16.5 Å². The van der Waals surface area contributed by atoms with Crippen LogP contribution in [-0.4, -0.2) is 33.6 Å². The lowest BCUT2D eigenvalue weighted by atomic mass is 10.1. The van der Waals surface area contributed by atoms with Gasteiger partial charge in [0.1, 0.15) is 29.7 Å². The summed E-state index contributed by atoms with van der Waals surface area (Å²) >= 11 is 1.29. The maximum absolute atomic E-state index is 10.1. The normalized spacial score (nSPS) is 20.1. The molecule has 0 amide bonds. The first-order valence-corrected chi connectivity index (χ1v) is 10.8. The SMILES string of the molecule is CC(O)C1=NC(C)C2=C(Cn3c(cc4ccccc43)-c3ccccc3O2)OCNS1. The molecule has 0 spiro atoms. The van der Waals surface area contributed by atoms with E-state index in [0.29, 0.717) is 17.3 Å². The Morgan fingerprint density at radius 2 is 2.00 bits per heavy atom. The molecule has 2 aromatic carbocycles. The summed E-state index contributed by atoms with van der Waals surface area (Å²) in [4.78, 5) is 4.73. The predicted molar refractivity (Wildman–Crippen MR) is 120 cm³/mol. The summed E-state index contributed by atoms with van der Waals surface area (Å²) < 4.78 is 18.0. The quantitative estimate of drug-likeness (QED) is 0.573. The minimum Gasteiger partial charge on any atom is -0.476 e. The molecule has 0 saturated heterocycles. The van der Waals surface area contributed by atoms with Crippen molar-refractivity contribution in [3.63, 3.8) is 0 Å². The number of rotatable bonds is 1. The number of allylic oxidation sites excluding steroid dienone is 1. The molecule has 0 radical (unpaired) electrons. The number of hydrogen-bond acceptors (Lipinski definition) is 6. The third-order valence-electron chi connectivity index (χ3n) is 5.31. The van der Waals surface area contributed by atoms with Gasteiger partial charge in [-0.1, -0.05) is 30.3 Å². The fourth-order valence-electron chi connectivity index (χ4n) is 3.89. The topological polar surface area (TPSA) is 68.0 Å². The van der Waals surface area contributed by atoms with Crippen LogP contribution in [0.5, 0.6) is 5.75 Å². The zero-order valence-electron chi connectivity index (χ0n) is 16.8. The molecule has 2 aliphatic heterocycles. The maximum Gasteiger partial charge on any atom is 0.168 e. The zero-order chi connectivity index (χ0) is 20.7. The highest BCUT2D eigenvalue weighted by Crippen LogP contribution is 2.39. The van der Waals surface area contributed by atoms with Gasteiger partial charge in [-0.3, -0.25) is 4.99 Å². The zero-order valence-corrected chi connectivity index (χ0v) is 17.6. The average Bonchev–Trinajstić information content (AvgIpc) is 3.12. The van der Waals surface area contributed by atoms with Crippen molar-refractivity contribution < 1.29 is 14.6 Å². The van der Waals surface area contributed by atoms with E-state index in [2.05, 4.69) is 45.7 Å². The number of aliphatic hydroxyl groups excluding tert-OH is 1. The molecule has 0 aliphatic carbocycles. The Kier molecular flexibility index (Phi) is 5.02. The molecular weight excluding hydrogens is 398 g/mol. The van der Waals surface area contributed by atoms with Crippen molar-refractivity contribution in [1.29, 1.82) is 0 Å². The van der Waals surface area contributed by atoms with Crippen molar-refractivity contribution in [2.24, 2.45) is 4.99 Å². The van der Waals surface area contributed by atoms with E-state index in [9.17, 15) is 5.11 Å². The smallest absolute Gasteiger partial charge is 0.168 e. The van der Waals surface area contributed by atoms with Gasteiger partial charge in [0.05, 0.1) is 12.2 Å². The summed E-state index contributed by atoms with van der Waals surface area (Å²) in [5.74, 6) is 2.15. The van der Waals surface area contributed by atoms with Gasteiger partial charge in [-0.2, -0.15) is 0 Å². The highest BCUT2D eigenvalue weighted by molar-refractivity contribution is 8.12. The molecule has 0 saturated carbocycles. The summed E-state index contributed by atoms with van der Waals surface area (Å²) in [6.45, 7) is 4.48. The van der Waals surface area contributed by atoms with Crippen LogP contribution in [0, 0.1) is 0 Å². The van der Waals surface area contributed by atoms with Crippen LogP contribution in [-0.2, 0) is 11.3 Å². The summed E-state index contributed by atoms with van der Waals surface area (Å²) in [5.41, 5.74) is 3.26. The molecule has 3 heterocycles. The first-order chi connectivity index (χ1) is 14.6. The fourth-order valence-corrected chi connectivity index (χ4v) is 4.54. The van der Waals surface area contributed by atoms with Gasteiger partial charge in [-0.25, -0.2) is 4.72 Å². The standard InChI is InChI=1S/C23H23N3O3S/c1-14-22-21(28-13-24-30-23(25-14)15(2)27)12-26-18-9-5-3-7-16(18)11-19(26)17-8-4-6-10-20(17)29-22/h3-11,14-15,24,27H,12-13H2,1-2H3. The van der Waals surface area contributed by atoms with Crippen LogP contribution in [0.25, 0.3) is 22.2 Å². The first-order valence-electron chi connectivity index (χ1n) is 9.98. The third-order valence-corrected chi connectivity index (χ3v) is 6.23. The number of nitrogens with zero attached hydrogens (tertiary/aromatic N) is 2. The molecule has 6 nitrogen and oxygen atoms in total. The van der Waals surface area contributed by atoms with Crippen molar-refractivity contribution in [3.05, 3.63) is 66.1 Å². The van der Waals surface area contributed by atoms with Gasteiger partial charge >= 0.3 is 0 Å². The Bertz CT molecular complexity index is 1170. The molecule has 7 heteroatoms. The highest BCUT2D eigenvalue weighted by Gasteiger charge is 2.27. The second kappa shape index (κ2) is 7.83. The minimum atomic E-state index is -0.673. The summed E-state index contributed by atoms with van der Waals surface area (Å²) in [5, 5.41) is 11.9. The van der Waals surface area contributed by atoms with E-state index in [1.165, 1.54) is 17.3 Å². The average molecular weight is 422 g/mol.